The number of carbonyl (C=O) groups is 2. The summed E-state index contributed by atoms with van der Waals surface area (Å²) in [7, 11) is 0. The molecule has 0 unspecified atom stereocenters. The van der Waals surface area contributed by atoms with Gasteiger partial charge in [0.1, 0.15) is 12.6 Å². The van der Waals surface area contributed by atoms with E-state index in [4.69, 9.17) is 4.74 Å². The Balaban J connectivity index is 1.73. The fourth-order valence-electron chi connectivity index (χ4n) is 3.12. The van der Waals surface area contributed by atoms with Crippen LogP contribution in [0.5, 0.6) is 0 Å². The molecule has 0 fully saturated rings. The highest BCUT2D eigenvalue weighted by molar-refractivity contribution is 5.87. The summed E-state index contributed by atoms with van der Waals surface area (Å²) in [4.78, 5) is 35.3. The van der Waals surface area contributed by atoms with Crippen LogP contribution in [0, 0.1) is 10.1 Å². The fraction of sp³-hybridized carbons (Fsp3) is 0.238. The predicted octanol–water partition coefficient (Wildman–Crippen LogP) is 2.84. The summed E-state index contributed by atoms with van der Waals surface area (Å²) in [5, 5.41) is 14.3. The van der Waals surface area contributed by atoms with Gasteiger partial charge in [0.2, 0.25) is 5.91 Å². The number of aromatic nitrogens is 1. The lowest BCUT2D eigenvalue weighted by molar-refractivity contribution is -0.384. The molecule has 8 nitrogen and oxygen atoms in total. The van der Waals surface area contributed by atoms with Crippen LogP contribution in [0.15, 0.2) is 60.8 Å². The van der Waals surface area contributed by atoms with Crippen LogP contribution in [-0.4, -0.2) is 34.0 Å². The number of carbonyl (C=O) groups excluding carboxylic acids is 2. The molecule has 0 radical (unpaired) electrons. The van der Waals surface area contributed by atoms with E-state index in [1.165, 1.54) is 12.1 Å². The van der Waals surface area contributed by atoms with Crippen LogP contribution >= 0.6 is 0 Å². The van der Waals surface area contributed by atoms with Crippen LogP contribution in [0.3, 0.4) is 0 Å². The van der Waals surface area contributed by atoms with Gasteiger partial charge in [0.25, 0.3) is 5.69 Å². The first kappa shape index (κ1) is 20.1. The second-order valence-electron chi connectivity index (χ2n) is 6.51. The maximum Gasteiger partial charge on any atom is 0.328 e. The Labute approximate surface area is 167 Å². The summed E-state index contributed by atoms with van der Waals surface area (Å²) >= 11 is 0. The molecule has 1 heterocycles. The molecule has 0 saturated carbocycles. The van der Waals surface area contributed by atoms with Crippen LogP contribution < -0.4 is 5.32 Å². The van der Waals surface area contributed by atoms with Crippen molar-refractivity contribution in [3.63, 3.8) is 0 Å². The number of ether oxygens (including phenoxy) is 1. The third kappa shape index (κ3) is 4.98. The minimum absolute atomic E-state index is 0.00932. The molecule has 1 atom stereocenters. The van der Waals surface area contributed by atoms with Gasteiger partial charge in [0.05, 0.1) is 11.5 Å². The van der Waals surface area contributed by atoms with Gasteiger partial charge in [-0.15, -0.1) is 0 Å². The summed E-state index contributed by atoms with van der Waals surface area (Å²) in [6.07, 6.45) is 2.01. The molecule has 1 N–H and O–H groups in total. The molecule has 0 aliphatic rings. The Bertz CT molecular complexity index is 1030. The Morgan fingerprint density at radius 3 is 2.62 bits per heavy atom. The Morgan fingerprint density at radius 2 is 1.93 bits per heavy atom. The van der Waals surface area contributed by atoms with Gasteiger partial charge in [-0.25, -0.2) is 4.79 Å². The minimum Gasteiger partial charge on any atom is -0.464 e. The molecule has 8 heteroatoms. The summed E-state index contributed by atoms with van der Waals surface area (Å²) in [5.74, 6) is -0.840. The highest BCUT2D eigenvalue weighted by Gasteiger charge is 2.23. The zero-order valence-electron chi connectivity index (χ0n) is 15.9. The molecule has 0 bridgehead atoms. The quantitative estimate of drug-likeness (QED) is 0.359. The number of nitro groups is 1. The molecule has 0 saturated heterocycles. The van der Waals surface area contributed by atoms with E-state index in [1.54, 1.807) is 29.8 Å². The largest absolute Gasteiger partial charge is 0.464 e. The average molecular weight is 395 g/mol. The fourth-order valence-corrected chi connectivity index (χ4v) is 3.12. The van der Waals surface area contributed by atoms with Gasteiger partial charge < -0.3 is 14.6 Å². The topological polar surface area (TPSA) is 103 Å². The number of benzene rings is 2. The van der Waals surface area contributed by atoms with Gasteiger partial charge in [-0.1, -0.05) is 30.3 Å². The number of hydrogen-bond acceptors (Lipinski definition) is 5. The van der Waals surface area contributed by atoms with E-state index in [-0.39, 0.29) is 24.7 Å². The summed E-state index contributed by atoms with van der Waals surface area (Å²) in [6, 6.07) is 14.7. The smallest absolute Gasteiger partial charge is 0.328 e. The predicted molar refractivity (Wildman–Crippen MR) is 107 cm³/mol. The van der Waals surface area contributed by atoms with Crippen molar-refractivity contribution in [1.29, 1.82) is 0 Å². The van der Waals surface area contributed by atoms with Crippen LogP contribution in [-0.2, 0) is 27.3 Å². The average Bonchev–Trinajstić information content (AvgIpc) is 3.10. The van der Waals surface area contributed by atoms with Crippen molar-refractivity contribution in [2.24, 2.45) is 0 Å². The second-order valence-corrected chi connectivity index (χ2v) is 6.51. The maximum atomic E-state index is 12.6. The number of nitro benzene ring substituents is 1. The van der Waals surface area contributed by atoms with Crippen LogP contribution in [0.25, 0.3) is 10.9 Å². The molecule has 29 heavy (non-hydrogen) atoms. The van der Waals surface area contributed by atoms with Gasteiger partial charge in [-0.3, -0.25) is 14.9 Å². The molecule has 0 spiro atoms. The van der Waals surface area contributed by atoms with E-state index >= 15 is 0 Å². The van der Waals surface area contributed by atoms with E-state index in [0.29, 0.717) is 17.3 Å². The Kier molecular flexibility index (Phi) is 6.23. The number of esters is 1. The first-order valence-corrected chi connectivity index (χ1v) is 9.21. The van der Waals surface area contributed by atoms with Gasteiger partial charge in [-0.2, -0.15) is 0 Å². The molecular weight excluding hydrogens is 374 g/mol. The highest BCUT2D eigenvalue weighted by atomic mass is 16.6. The number of amides is 1. The standard InChI is InChI=1S/C21H21N3O5/c1-2-29-21(26)18(12-15-6-4-3-5-7-15)22-20(25)14-23-11-10-16-13-17(24(27)28)8-9-19(16)23/h3-11,13,18H,2,12,14H2,1H3,(H,22,25)/t18-/m0/s1. The summed E-state index contributed by atoms with van der Waals surface area (Å²) in [6.45, 7) is 1.91. The zero-order chi connectivity index (χ0) is 20.8. The number of rotatable bonds is 8. The van der Waals surface area contributed by atoms with Crippen molar-refractivity contribution in [2.75, 3.05) is 6.61 Å². The van der Waals surface area contributed by atoms with E-state index < -0.39 is 16.9 Å². The van der Waals surface area contributed by atoms with Crippen molar-refractivity contribution in [3.8, 4) is 0 Å². The van der Waals surface area contributed by atoms with Crippen LogP contribution in [0.1, 0.15) is 12.5 Å². The normalized spacial score (nSPS) is 11.8. The number of hydrogen-bond donors (Lipinski definition) is 1. The van der Waals surface area contributed by atoms with Gasteiger partial charge >= 0.3 is 5.97 Å². The van der Waals surface area contributed by atoms with Gasteiger partial charge in [0, 0.05) is 35.7 Å². The van der Waals surface area contributed by atoms with E-state index in [2.05, 4.69) is 5.32 Å². The molecule has 1 aromatic heterocycles. The molecular formula is C21H21N3O5. The molecule has 3 aromatic rings. The minimum atomic E-state index is -0.798. The molecule has 3 rings (SSSR count). The third-order valence-electron chi connectivity index (χ3n) is 4.47. The van der Waals surface area contributed by atoms with Gasteiger partial charge in [-0.05, 0) is 24.6 Å². The number of non-ortho nitro benzene ring substituents is 1. The third-order valence-corrected chi connectivity index (χ3v) is 4.47. The lowest BCUT2D eigenvalue weighted by Gasteiger charge is -2.18. The molecule has 0 aliphatic carbocycles. The summed E-state index contributed by atoms with van der Waals surface area (Å²) in [5.41, 5.74) is 1.59. The van der Waals surface area contributed by atoms with Crippen molar-refractivity contribution in [1.82, 2.24) is 9.88 Å². The molecule has 1 amide bonds. The van der Waals surface area contributed by atoms with E-state index in [1.807, 2.05) is 30.3 Å². The molecule has 2 aromatic carbocycles. The first-order valence-electron chi connectivity index (χ1n) is 9.21. The first-order chi connectivity index (χ1) is 14.0. The van der Waals surface area contributed by atoms with Crippen molar-refractivity contribution < 1.29 is 19.2 Å². The van der Waals surface area contributed by atoms with Crippen molar-refractivity contribution >= 4 is 28.5 Å². The van der Waals surface area contributed by atoms with Crippen LogP contribution in [0.4, 0.5) is 5.69 Å². The Hall–Kier alpha value is -3.68. The number of fused-ring (bicyclic) bond motifs is 1. The lowest BCUT2D eigenvalue weighted by Crippen LogP contribution is -2.44. The highest BCUT2D eigenvalue weighted by Crippen LogP contribution is 2.21. The summed E-state index contributed by atoms with van der Waals surface area (Å²) < 4.78 is 6.77. The Morgan fingerprint density at radius 1 is 1.17 bits per heavy atom. The SMILES string of the molecule is CCOC(=O)[C@H](Cc1ccccc1)NC(=O)Cn1ccc2cc([N+](=O)[O-])ccc21. The number of nitrogens with zero attached hydrogens (tertiary/aromatic N) is 2. The second kappa shape index (κ2) is 9.01. The van der Waals surface area contributed by atoms with Crippen molar-refractivity contribution in [3.05, 3.63) is 76.5 Å². The molecule has 150 valence electrons. The molecule has 0 aliphatic heterocycles. The van der Waals surface area contributed by atoms with E-state index in [0.717, 1.165) is 5.56 Å². The van der Waals surface area contributed by atoms with Gasteiger partial charge in [0.15, 0.2) is 0 Å². The van der Waals surface area contributed by atoms with Crippen molar-refractivity contribution in [2.45, 2.75) is 25.9 Å². The van der Waals surface area contributed by atoms with Crippen LogP contribution in [0.2, 0.25) is 0 Å². The van der Waals surface area contributed by atoms with E-state index in [9.17, 15) is 19.7 Å². The zero-order valence-corrected chi connectivity index (χ0v) is 15.9. The maximum absolute atomic E-state index is 12.6. The number of nitrogens with one attached hydrogen (secondary N) is 1. The monoisotopic (exact) mass is 395 g/mol. The lowest BCUT2D eigenvalue weighted by atomic mass is 10.1.